The van der Waals surface area contributed by atoms with Crippen molar-refractivity contribution in [2.45, 2.75) is 19.9 Å². The van der Waals surface area contributed by atoms with E-state index in [0.717, 1.165) is 27.6 Å². The molecule has 1 aliphatic rings. The summed E-state index contributed by atoms with van der Waals surface area (Å²) < 4.78 is 7.36. The normalized spacial score (nSPS) is 14.9. The molecule has 1 aromatic heterocycles. The van der Waals surface area contributed by atoms with Crippen molar-refractivity contribution in [1.82, 2.24) is 9.47 Å². The molecule has 2 heterocycles. The number of aromatic nitrogens is 1. The van der Waals surface area contributed by atoms with Crippen molar-refractivity contribution in [3.63, 3.8) is 0 Å². The van der Waals surface area contributed by atoms with Crippen LogP contribution in [0.5, 0.6) is 0 Å². The van der Waals surface area contributed by atoms with E-state index in [-0.39, 0.29) is 18.4 Å². The third-order valence-corrected chi connectivity index (χ3v) is 5.57. The number of carbonyl (C=O) groups excluding carboxylic acids is 2. The van der Waals surface area contributed by atoms with Gasteiger partial charge in [-0.3, -0.25) is 14.5 Å². The van der Waals surface area contributed by atoms with E-state index < -0.39 is 6.04 Å². The van der Waals surface area contributed by atoms with Crippen LogP contribution in [0.15, 0.2) is 42.6 Å². The van der Waals surface area contributed by atoms with Gasteiger partial charge in [-0.25, -0.2) is 0 Å². The number of nitrogens with zero attached hydrogens (tertiary/aromatic N) is 2. The molecule has 0 bridgehead atoms. The van der Waals surface area contributed by atoms with Crippen LogP contribution in [0.25, 0.3) is 10.9 Å². The van der Waals surface area contributed by atoms with Crippen molar-refractivity contribution in [3.05, 3.63) is 70.4 Å². The third kappa shape index (κ3) is 2.42. The molecule has 0 N–H and O–H groups in total. The summed E-state index contributed by atoms with van der Waals surface area (Å²) in [4.78, 5) is 28.2. The molecule has 2 amide bonds. The van der Waals surface area contributed by atoms with E-state index in [0.29, 0.717) is 11.1 Å². The Morgan fingerprint density at radius 2 is 1.63 bits per heavy atom. The number of ether oxygens (including phenoxy) is 1. The highest BCUT2D eigenvalue weighted by Gasteiger charge is 2.43. The van der Waals surface area contributed by atoms with E-state index in [1.54, 1.807) is 7.11 Å². The number of aryl methyl sites for hydroxylation is 2. The molecule has 2 aromatic carbocycles. The van der Waals surface area contributed by atoms with Crippen LogP contribution < -0.4 is 0 Å². The molecular weight excluding hydrogens is 340 g/mol. The minimum Gasteiger partial charge on any atom is -0.382 e. The van der Waals surface area contributed by atoms with Crippen molar-refractivity contribution < 1.29 is 14.3 Å². The zero-order chi connectivity index (χ0) is 19.3. The minimum atomic E-state index is -0.456. The number of fused-ring (bicyclic) bond motifs is 3. The summed E-state index contributed by atoms with van der Waals surface area (Å²) in [5, 5.41) is 0.834. The molecule has 0 aliphatic carbocycles. The summed E-state index contributed by atoms with van der Waals surface area (Å²) in [6, 6.07) is 11.0. The van der Waals surface area contributed by atoms with Crippen LogP contribution in [0.4, 0.5) is 0 Å². The second-order valence-electron chi connectivity index (χ2n) is 7.05. The Hall–Kier alpha value is -2.92. The SMILES string of the molecule is COC[C@@H](c1ccccc1)N1C(=O)c2c(C)c(C)c3c(ccn3C)c2C1=O. The molecule has 3 aromatic rings. The fraction of sp³-hybridized carbons (Fsp3) is 0.273. The van der Waals surface area contributed by atoms with Crippen LogP contribution in [-0.4, -0.2) is 35.0 Å². The molecule has 27 heavy (non-hydrogen) atoms. The Bertz CT molecular complexity index is 1070. The predicted molar refractivity (Wildman–Crippen MR) is 104 cm³/mol. The van der Waals surface area contributed by atoms with Crippen molar-refractivity contribution in [2.24, 2.45) is 7.05 Å². The zero-order valence-corrected chi connectivity index (χ0v) is 15.9. The fourth-order valence-corrected chi connectivity index (χ4v) is 4.14. The number of amides is 2. The van der Waals surface area contributed by atoms with Crippen LogP contribution in [0.2, 0.25) is 0 Å². The molecule has 0 fully saturated rings. The maximum absolute atomic E-state index is 13.4. The molecule has 0 saturated carbocycles. The Labute approximate surface area is 158 Å². The predicted octanol–water partition coefficient (Wildman–Crippen LogP) is 3.78. The molecule has 0 unspecified atom stereocenters. The number of hydrogen-bond donors (Lipinski definition) is 0. The van der Waals surface area contributed by atoms with Gasteiger partial charge in [0.15, 0.2) is 0 Å². The van der Waals surface area contributed by atoms with Gasteiger partial charge in [-0.15, -0.1) is 0 Å². The average Bonchev–Trinajstić information content (AvgIpc) is 3.16. The first kappa shape index (κ1) is 17.5. The van der Waals surface area contributed by atoms with E-state index >= 15 is 0 Å². The van der Waals surface area contributed by atoms with Gasteiger partial charge in [0.05, 0.1) is 29.3 Å². The summed E-state index contributed by atoms with van der Waals surface area (Å²) in [6.45, 7) is 4.18. The lowest BCUT2D eigenvalue weighted by atomic mass is 9.95. The summed E-state index contributed by atoms with van der Waals surface area (Å²) in [5.74, 6) is -0.493. The molecule has 5 heteroatoms. The minimum absolute atomic E-state index is 0.243. The van der Waals surface area contributed by atoms with Gasteiger partial charge < -0.3 is 9.30 Å². The average molecular weight is 362 g/mol. The highest BCUT2D eigenvalue weighted by molar-refractivity contribution is 6.27. The zero-order valence-electron chi connectivity index (χ0n) is 15.9. The summed E-state index contributed by atoms with van der Waals surface area (Å²) in [5.41, 5.74) is 4.81. The molecule has 0 saturated heterocycles. The molecule has 0 spiro atoms. The number of carbonyl (C=O) groups is 2. The summed E-state index contributed by atoms with van der Waals surface area (Å²) >= 11 is 0. The van der Waals surface area contributed by atoms with Crippen molar-refractivity contribution in [1.29, 1.82) is 0 Å². The highest BCUT2D eigenvalue weighted by atomic mass is 16.5. The maximum atomic E-state index is 13.4. The molecule has 4 rings (SSSR count). The molecular formula is C22H22N2O3. The first-order chi connectivity index (χ1) is 13.0. The molecule has 5 nitrogen and oxygen atoms in total. The van der Waals surface area contributed by atoms with Gasteiger partial charge in [0.2, 0.25) is 0 Å². The van der Waals surface area contributed by atoms with Crippen LogP contribution in [-0.2, 0) is 11.8 Å². The summed E-state index contributed by atoms with van der Waals surface area (Å²) in [6.07, 6.45) is 1.93. The van der Waals surface area contributed by atoms with Crippen LogP contribution in [0.3, 0.4) is 0 Å². The molecule has 0 radical (unpaired) electrons. The Morgan fingerprint density at radius 1 is 0.963 bits per heavy atom. The van der Waals surface area contributed by atoms with Crippen molar-refractivity contribution >= 4 is 22.7 Å². The van der Waals surface area contributed by atoms with Crippen molar-refractivity contribution in [3.8, 4) is 0 Å². The third-order valence-electron chi connectivity index (χ3n) is 5.57. The van der Waals surface area contributed by atoms with Crippen LogP contribution >= 0.6 is 0 Å². The van der Waals surface area contributed by atoms with Gasteiger partial charge in [0.25, 0.3) is 11.8 Å². The standard InChI is InChI=1S/C22H22N2O3/c1-13-14(2)20-16(10-11-23(20)3)19-18(13)21(25)24(22(19)26)17(12-27-4)15-8-6-5-7-9-15/h5-11,17H,12H2,1-4H3/t17-/m0/s1. The lowest BCUT2D eigenvalue weighted by Gasteiger charge is -2.26. The maximum Gasteiger partial charge on any atom is 0.262 e. The van der Waals surface area contributed by atoms with Gasteiger partial charge in [-0.2, -0.15) is 0 Å². The van der Waals surface area contributed by atoms with Crippen LogP contribution in [0, 0.1) is 13.8 Å². The highest BCUT2D eigenvalue weighted by Crippen LogP contribution is 2.39. The monoisotopic (exact) mass is 362 g/mol. The van der Waals surface area contributed by atoms with Gasteiger partial charge in [-0.1, -0.05) is 30.3 Å². The molecule has 1 atom stereocenters. The van der Waals surface area contributed by atoms with E-state index in [2.05, 4.69) is 0 Å². The lowest BCUT2D eigenvalue weighted by Crippen LogP contribution is -2.36. The number of rotatable bonds is 4. The van der Waals surface area contributed by atoms with E-state index in [9.17, 15) is 9.59 Å². The Balaban J connectivity index is 1.93. The smallest absolute Gasteiger partial charge is 0.262 e. The van der Waals surface area contributed by atoms with Gasteiger partial charge in [0.1, 0.15) is 0 Å². The van der Waals surface area contributed by atoms with E-state index in [4.69, 9.17) is 4.74 Å². The number of benzene rings is 2. The fourth-order valence-electron chi connectivity index (χ4n) is 4.14. The second kappa shape index (κ2) is 6.35. The van der Waals surface area contributed by atoms with Crippen LogP contribution in [0.1, 0.15) is 43.4 Å². The topological polar surface area (TPSA) is 51.5 Å². The lowest BCUT2D eigenvalue weighted by molar-refractivity contribution is 0.0469. The molecule has 1 aliphatic heterocycles. The largest absolute Gasteiger partial charge is 0.382 e. The molecule has 138 valence electrons. The first-order valence-corrected chi connectivity index (χ1v) is 8.97. The van der Waals surface area contributed by atoms with Gasteiger partial charge in [-0.05, 0) is 36.6 Å². The number of imide groups is 1. The number of methoxy groups -OCH3 is 1. The van der Waals surface area contributed by atoms with Gasteiger partial charge >= 0.3 is 0 Å². The Kier molecular flexibility index (Phi) is 4.12. The quantitative estimate of drug-likeness (QED) is 0.664. The van der Waals surface area contributed by atoms with E-state index in [1.807, 2.05) is 68.1 Å². The Morgan fingerprint density at radius 3 is 2.30 bits per heavy atom. The van der Waals surface area contributed by atoms with Gasteiger partial charge in [0, 0.05) is 25.7 Å². The second-order valence-corrected chi connectivity index (χ2v) is 7.05. The first-order valence-electron chi connectivity index (χ1n) is 8.97. The van der Waals surface area contributed by atoms with Crippen molar-refractivity contribution in [2.75, 3.05) is 13.7 Å². The summed E-state index contributed by atoms with van der Waals surface area (Å²) in [7, 11) is 3.54. The van der Waals surface area contributed by atoms with E-state index in [1.165, 1.54) is 4.90 Å². The number of hydrogen-bond acceptors (Lipinski definition) is 3.